The Morgan fingerprint density at radius 1 is 1.31 bits per heavy atom. The third-order valence-corrected chi connectivity index (χ3v) is 3.22. The predicted molar refractivity (Wildman–Crippen MR) is 60.4 cm³/mol. The van der Waals surface area contributed by atoms with Crippen molar-refractivity contribution in [3.63, 3.8) is 0 Å². The Kier molecular flexibility index (Phi) is 2.69. The third kappa shape index (κ3) is 2.51. The van der Waals surface area contributed by atoms with Crippen LogP contribution in [0.3, 0.4) is 0 Å². The summed E-state index contributed by atoms with van der Waals surface area (Å²) in [4.78, 5) is 0. The molecule has 1 aliphatic rings. The summed E-state index contributed by atoms with van der Waals surface area (Å²) in [5, 5.41) is 2.96. The molecule has 0 aliphatic heterocycles. The molecule has 0 bridgehead atoms. The molecule has 0 heterocycles. The zero-order valence-corrected chi connectivity index (χ0v) is 10.2. The zero-order valence-electron chi connectivity index (χ0n) is 8.66. The Morgan fingerprint density at radius 3 is 2.44 bits per heavy atom. The third-order valence-electron chi connectivity index (χ3n) is 2.72. The molecule has 0 saturated heterocycles. The van der Waals surface area contributed by atoms with Gasteiger partial charge in [0.1, 0.15) is 0 Å². The topological polar surface area (TPSA) is 12.0 Å². The number of benzene rings is 1. The van der Waals surface area contributed by atoms with Gasteiger partial charge in [0.15, 0.2) is 0 Å². The van der Waals surface area contributed by atoms with Gasteiger partial charge in [0.2, 0.25) is 0 Å². The molecule has 0 atom stereocenters. The van der Waals surface area contributed by atoms with E-state index in [1.807, 2.05) is 6.92 Å². The van der Waals surface area contributed by atoms with Gasteiger partial charge in [0, 0.05) is 15.7 Å². The molecule has 0 spiro atoms. The second-order valence-electron chi connectivity index (χ2n) is 4.37. The Balaban J connectivity index is 2.36. The average Bonchev–Trinajstić information content (AvgIpc) is 2.80. The predicted octanol–water partition coefficient (Wildman–Crippen LogP) is 4.43. The fourth-order valence-electron chi connectivity index (χ4n) is 1.50. The van der Waals surface area contributed by atoms with E-state index in [0.29, 0.717) is 4.47 Å². The van der Waals surface area contributed by atoms with Crippen molar-refractivity contribution in [1.82, 2.24) is 0 Å². The van der Waals surface area contributed by atoms with Crippen molar-refractivity contribution in [1.29, 1.82) is 0 Å². The fraction of sp³-hybridized carbons (Fsp3) is 0.455. The van der Waals surface area contributed by atoms with Crippen molar-refractivity contribution in [2.45, 2.75) is 31.5 Å². The van der Waals surface area contributed by atoms with Crippen molar-refractivity contribution in [3.8, 4) is 0 Å². The Bertz CT molecular complexity index is 410. The standard InChI is InChI=1S/C11H11BrF3N/c1-10(4-5-10)16-9-6-7(12)2-3-8(9)11(13,14)15/h2-3,6,16H,4-5H2,1H3. The minimum Gasteiger partial charge on any atom is -0.379 e. The number of halogens is 4. The van der Waals surface area contributed by atoms with Crippen LogP contribution in [0.25, 0.3) is 0 Å². The summed E-state index contributed by atoms with van der Waals surface area (Å²) >= 11 is 3.18. The first kappa shape index (κ1) is 11.8. The van der Waals surface area contributed by atoms with Crippen molar-refractivity contribution in [3.05, 3.63) is 28.2 Å². The first-order valence-electron chi connectivity index (χ1n) is 4.95. The molecule has 1 saturated carbocycles. The maximum Gasteiger partial charge on any atom is 0.418 e. The van der Waals surface area contributed by atoms with Gasteiger partial charge in [-0.05, 0) is 38.0 Å². The molecule has 1 aliphatic carbocycles. The first-order chi connectivity index (χ1) is 7.30. The molecular formula is C11H11BrF3N. The molecule has 88 valence electrons. The number of hydrogen-bond donors (Lipinski definition) is 1. The van der Waals surface area contributed by atoms with Crippen LogP contribution in [-0.2, 0) is 6.18 Å². The van der Waals surface area contributed by atoms with Gasteiger partial charge in [-0.1, -0.05) is 15.9 Å². The maximum atomic E-state index is 12.7. The Morgan fingerprint density at radius 2 is 1.94 bits per heavy atom. The van der Waals surface area contributed by atoms with E-state index >= 15 is 0 Å². The molecule has 1 fully saturated rings. The highest BCUT2D eigenvalue weighted by atomic mass is 79.9. The van der Waals surface area contributed by atoms with E-state index in [1.54, 1.807) is 0 Å². The largest absolute Gasteiger partial charge is 0.418 e. The molecule has 16 heavy (non-hydrogen) atoms. The number of hydrogen-bond acceptors (Lipinski definition) is 1. The summed E-state index contributed by atoms with van der Waals surface area (Å²) in [7, 11) is 0. The average molecular weight is 294 g/mol. The van der Waals surface area contributed by atoms with Gasteiger partial charge in [-0.15, -0.1) is 0 Å². The molecule has 5 heteroatoms. The molecule has 0 radical (unpaired) electrons. The van der Waals surface area contributed by atoms with E-state index in [9.17, 15) is 13.2 Å². The summed E-state index contributed by atoms with van der Waals surface area (Å²) in [5.41, 5.74) is -0.619. The van der Waals surface area contributed by atoms with Crippen molar-refractivity contribution >= 4 is 21.6 Å². The normalized spacial score (nSPS) is 18.3. The van der Waals surface area contributed by atoms with Crippen molar-refractivity contribution in [2.24, 2.45) is 0 Å². The zero-order chi connectivity index (χ0) is 12.0. The monoisotopic (exact) mass is 293 g/mol. The molecule has 2 rings (SSSR count). The summed E-state index contributed by atoms with van der Waals surface area (Å²) < 4.78 is 38.8. The van der Waals surface area contributed by atoms with E-state index in [4.69, 9.17) is 0 Å². The fourth-order valence-corrected chi connectivity index (χ4v) is 1.87. The van der Waals surface area contributed by atoms with Crippen LogP contribution in [0.5, 0.6) is 0 Å². The first-order valence-corrected chi connectivity index (χ1v) is 5.74. The minimum atomic E-state index is -4.31. The van der Waals surface area contributed by atoms with E-state index in [2.05, 4.69) is 21.2 Å². The summed E-state index contributed by atoms with van der Waals surface area (Å²) in [6.45, 7) is 1.92. The van der Waals surface area contributed by atoms with Crippen LogP contribution in [0.2, 0.25) is 0 Å². The lowest BCUT2D eigenvalue weighted by atomic mass is 10.1. The van der Waals surface area contributed by atoms with Crippen LogP contribution in [0.15, 0.2) is 22.7 Å². The molecule has 1 aromatic rings. The van der Waals surface area contributed by atoms with Crippen LogP contribution >= 0.6 is 15.9 Å². The highest BCUT2D eigenvalue weighted by molar-refractivity contribution is 9.10. The molecule has 1 N–H and O–H groups in total. The van der Waals surface area contributed by atoms with Gasteiger partial charge in [-0.3, -0.25) is 0 Å². The van der Waals surface area contributed by atoms with E-state index in [-0.39, 0.29) is 11.2 Å². The van der Waals surface area contributed by atoms with Gasteiger partial charge >= 0.3 is 6.18 Å². The van der Waals surface area contributed by atoms with Crippen LogP contribution in [-0.4, -0.2) is 5.54 Å². The molecule has 1 aromatic carbocycles. The lowest BCUT2D eigenvalue weighted by Gasteiger charge is -2.18. The SMILES string of the molecule is CC1(Nc2cc(Br)ccc2C(F)(F)F)CC1. The quantitative estimate of drug-likeness (QED) is 0.850. The summed E-state index contributed by atoms with van der Waals surface area (Å²) in [6, 6.07) is 3.98. The van der Waals surface area contributed by atoms with Crippen LogP contribution in [0.1, 0.15) is 25.3 Å². The van der Waals surface area contributed by atoms with E-state index in [0.717, 1.165) is 18.9 Å². The second kappa shape index (κ2) is 3.65. The minimum absolute atomic E-state index is 0.155. The number of nitrogens with one attached hydrogen (secondary N) is 1. The molecule has 0 amide bonds. The van der Waals surface area contributed by atoms with E-state index in [1.165, 1.54) is 12.1 Å². The highest BCUT2D eigenvalue weighted by Gasteiger charge is 2.40. The number of rotatable bonds is 2. The lowest BCUT2D eigenvalue weighted by molar-refractivity contribution is -0.137. The number of anilines is 1. The van der Waals surface area contributed by atoms with Gasteiger partial charge in [-0.2, -0.15) is 13.2 Å². The highest BCUT2D eigenvalue weighted by Crippen LogP contribution is 2.42. The lowest BCUT2D eigenvalue weighted by Crippen LogP contribution is -2.19. The smallest absolute Gasteiger partial charge is 0.379 e. The van der Waals surface area contributed by atoms with Gasteiger partial charge in [0.25, 0.3) is 0 Å². The van der Waals surface area contributed by atoms with Crippen LogP contribution < -0.4 is 5.32 Å². The maximum absolute atomic E-state index is 12.7. The second-order valence-corrected chi connectivity index (χ2v) is 5.29. The number of alkyl halides is 3. The van der Waals surface area contributed by atoms with Crippen molar-refractivity contribution < 1.29 is 13.2 Å². The van der Waals surface area contributed by atoms with Gasteiger partial charge in [0.05, 0.1) is 5.56 Å². The van der Waals surface area contributed by atoms with Crippen LogP contribution in [0.4, 0.5) is 18.9 Å². The summed E-state index contributed by atoms with van der Waals surface area (Å²) in [6.07, 6.45) is -2.48. The molecule has 1 nitrogen and oxygen atoms in total. The van der Waals surface area contributed by atoms with E-state index < -0.39 is 11.7 Å². The molecule has 0 aromatic heterocycles. The van der Waals surface area contributed by atoms with Crippen LogP contribution in [0, 0.1) is 0 Å². The molecule has 0 unspecified atom stereocenters. The van der Waals surface area contributed by atoms with Gasteiger partial charge in [-0.25, -0.2) is 0 Å². The van der Waals surface area contributed by atoms with Gasteiger partial charge < -0.3 is 5.32 Å². The molecular weight excluding hydrogens is 283 g/mol. The summed E-state index contributed by atoms with van der Waals surface area (Å²) in [5.74, 6) is 0. The Labute approximate surface area is 100 Å². The van der Waals surface area contributed by atoms with Crippen molar-refractivity contribution in [2.75, 3.05) is 5.32 Å². The Hall–Kier alpha value is -0.710.